The number of hydrogen-bond acceptors (Lipinski definition) is 10. The Morgan fingerprint density at radius 1 is 0.854 bits per heavy atom. The van der Waals surface area contributed by atoms with Crippen LogP contribution >= 0.6 is 0 Å². The molecule has 2 spiro atoms. The van der Waals surface area contributed by atoms with E-state index in [2.05, 4.69) is 45.1 Å². The van der Waals surface area contributed by atoms with Gasteiger partial charge >= 0.3 is 11.9 Å². The van der Waals surface area contributed by atoms with E-state index in [4.69, 9.17) is 29.0 Å². The largest absolute Gasteiger partial charge is 0.462 e. The first-order chi connectivity index (χ1) is 22.8. The van der Waals surface area contributed by atoms with E-state index in [0.717, 1.165) is 90.3 Å². The summed E-state index contributed by atoms with van der Waals surface area (Å²) in [6.45, 7) is 13.4. The number of rotatable bonds is 10. The van der Waals surface area contributed by atoms with Crippen LogP contribution in [-0.4, -0.2) is 74.4 Å². The molecule has 48 heavy (non-hydrogen) atoms. The van der Waals surface area contributed by atoms with Crippen LogP contribution in [0.25, 0.3) is 0 Å². The third-order valence-electron chi connectivity index (χ3n) is 14.2. The molecule has 0 aromatic carbocycles. The van der Waals surface area contributed by atoms with Crippen molar-refractivity contribution in [3.63, 3.8) is 0 Å². The van der Waals surface area contributed by atoms with Gasteiger partial charge in [-0.2, -0.15) is 19.6 Å². The zero-order chi connectivity index (χ0) is 34.3. The molecule has 1 saturated heterocycles. The molecule has 6 aliphatic rings. The van der Waals surface area contributed by atoms with E-state index in [-0.39, 0.29) is 52.7 Å². The Bertz CT molecular complexity index is 1130. The maximum Gasteiger partial charge on any atom is 0.302 e. The first kappa shape index (κ1) is 36.5. The lowest BCUT2D eigenvalue weighted by Crippen LogP contribution is -2.65. The molecule has 6 fully saturated rings. The molecule has 10 nitrogen and oxygen atoms in total. The second-order valence-corrected chi connectivity index (χ2v) is 17.4. The molecule has 0 radical (unpaired) electrons. The Morgan fingerprint density at radius 3 is 2.21 bits per heavy atom. The van der Waals surface area contributed by atoms with Gasteiger partial charge in [0.1, 0.15) is 12.2 Å². The zero-order valence-electron chi connectivity index (χ0n) is 30.9. The third kappa shape index (κ3) is 6.97. The van der Waals surface area contributed by atoms with Crippen molar-refractivity contribution in [2.75, 3.05) is 33.7 Å². The van der Waals surface area contributed by atoms with Gasteiger partial charge in [0.15, 0.2) is 0 Å². The molecule has 0 bridgehead atoms. The van der Waals surface area contributed by atoms with Crippen LogP contribution in [0.1, 0.15) is 125 Å². The Hall–Kier alpha value is -1.30. The smallest absolute Gasteiger partial charge is 0.302 e. The van der Waals surface area contributed by atoms with Gasteiger partial charge in [-0.25, -0.2) is 0 Å². The van der Waals surface area contributed by atoms with Crippen LogP contribution in [0.5, 0.6) is 0 Å². The Labute approximate surface area is 288 Å². The fraction of sp³-hybridized carbons (Fsp3) is 0.947. The topological polar surface area (TPSA) is 105 Å². The normalized spacial score (nSPS) is 40.5. The van der Waals surface area contributed by atoms with Crippen molar-refractivity contribution in [3.05, 3.63) is 0 Å². The summed E-state index contributed by atoms with van der Waals surface area (Å²) in [4.78, 5) is 52.1. The van der Waals surface area contributed by atoms with Gasteiger partial charge in [0, 0.05) is 64.0 Å². The first-order valence-electron chi connectivity index (χ1n) is 19.2. The average Bonchev–Trinajstić information content (AvgIpc) is 3.40. The molecule has 1 aliphatic heterocycles. The predicted octanol–water partition coefficient (Wildman–Crippen LogP) is 6.56. The molecule has 0 unspecified atom stereocenters. The van der Waals surface area contributed by atoms with E-state index < -0.39 is 11.6 Å². The zero-order valence-corrected chi connectivity index (χ0v) is 30.9. The fourth-order valence-corrected chi connectivity index (χ4v) is 11.7. The van der Waals surface area contributed by atoms with Crippen LogP contribution < -0.4 is 5.32 Å². The molecule has 10 heteroatoms. The summed E-state index contributed by atoms with van der Waals surface area (Å²) in [5.41, 5.74) is -0.228. The maximum absolute atomic E-state index is 12.7. The number of carbonyl (C=O) groups excluding carboxylic acids is 2. The number of hydrogen-bond donors (Lipinski definition) is 1. The van der Waals surface area contributed by atoms with Gasteiger partial charge in [-0.05, 0) is 113 Å². The van der Waals surface area contributed by atoms with Crippen LogP contribution in [0, 0.1) is 46.3 Å². The minimum Gasteiger partial charge on any atom is -0.462 e. The van der Waals surface area contributed by atoms with Gasteiger partial charge in [-0.1, -0.05) is 27.2 Å². The summed E-state index contributed by atoms with van der Waals surface area (Å²) < 4.78 is 12.7. The van der Waals surface area contributed by atoms with E-state index in [1.165, 1.54) is 6.42 Å². The van der Waals surface area contributed by atoms with Gasteiger partial charge in [0.05, 0.1) is 0 Å². The van der Waals surface area contributed by atoms with Gasteiger partial charge in [0.25, 0.3) is 0 Å². The molecule has 1 heterocycles. The number of likely N-dealkylation sites (N-methyl/N-ethyl adjacent to an activating group) is 1. The summed E-state index contributed by atoms with van der Waals surface area (Å²) in [6, 6.07) is 0. The lowest BCUT2D eigenvalue weighted by atomic mass is 9.42. The number of nitrogens with one attached hydrogen (secondary N) is 1. The van der Waals surface area contributed by atoms with Gasteiger partial charge in [-0.15, -0.1) is 0 Å². The SMILES string of the molecule is CC(=O)O[C@H]1C[C@H]2[C@@H]([C@H](OC(C)=O)C[C@@H]3CC4(CC[C@@]32C)OOC2(CCCCC2)OO4)[C@@H]2CC[C@H]([C@H](C)CCCNCCN(C)C)[C@@]12C. The molecule has 0 amide bonds. The number of esters is 2. The van der Waals surface area contributed by atoms with Gasteiger partial charge in [0.2, 0.25) is 11.6 Å². The molecule has 5 saturated carbocycles. The van der Waals surface area contributed by atoms with Gasteiger partial charge in [-0.3, -0.25) is 9.59 Å². The maximum atomic E-state index is 12.7. The molecule has 1 N–H and O–H groups in total. The average molecular weight is 677 g/mol. The second-order valence-electron chi connectivity index (χ2n) is 17.4. The van der Waals surface area contributed by atoms with Gasteiger partial charge < -0.3 is 19.7 Å². The highest BCUT2D eigenvalue weighted by Crippen LogP contribution is 2.70. The van der Waals surface area contributed by atoms with Crippen LogP contribution in [0.2, 0.25) is 0 Å². The Morgan fingerprint density at radius 2 is 1.54 bits per heavy atom. The molecule has 5 aliphatic carbocycles. The first-order valence-corrected chi connectivity index (χ1v) is 19.2. The summed E-state index contributed by atoms with van der Waals surface area (Å²) in [7, 11) is 4.21. The summed E-state index contributed by atoms with van der Waals surface area (Å²) in [6.07, 6.45) is 12.6. The highest BCUT2D eigenvalue weighted by atomic mass is 17.4. The number of nitrogens with zero attached hydrogens (tertiary/aromatic N) is 1. The van der Waals surface area contributed by atoms with E-state index in [1.807, 2.05) is 0 Å². The predicted molar refractivity (Wildman–Crippen MR) is 180 cm³/mol. The quantitative estimate of drug-likeness (QED) is 0.155. The fourth-order valence-electron chi connectivity index (χ4n) is 11.7. The molecule has 274 valence electrons. The van der Waals surface area contributed by atoms with Crippen molar-refractivity contribution in [3.8, 4) is 0 Å². The standard InChI is InChI=1S/C38H64N2O8/c1-25(12-11-19-39-20-21-40(6)7)29-13-14-30-34-31(23-33(36(29,30)5)44-27(3)42)35(4)17-18-38(24-28(35)22-32(34)43-26(2)41)47-45-37(46-48-38)15-9-8-10-16-37/h25,28-34,39H,8-24H2,1-7H3/t25-,28-,29-,30+,31+,32-,33+,34+,35+,36-/m1/s1. The number of carbonyl (C=O) groups is 2. The van der Waals surface area contributed by atoms with Crippen LogP contribution in [-0.2, 0) is 38.6 Å². The molecular formula is C38H64N2O8. The lowest BCUT2D eigenvalue weighted by molar-refractivity contribution is -0.665. The van der Waals surface area contributed by atoms with E-state index in [9.17, 15) is 9.59 Å². The lowest BCUT2D eigenvalue weighted by Gasteiger charge is -2.65. The Balaban J connectivity index is 1.21. The van der Waals surface area contributed by atoms with Crippen molar-refractivity contribution in [1.29, 1.82) is 0 Å². The van der Waals surface area contributed by atoms with E-state index in [0.29, 0.717) is 30.6 Å². The monoisotopic (exact) mass is 676 g/mol. The van der Waals surface area contributed by atoms with Crippen molar-refractivity contribution >= 4 is 11.9 Å². The number of ether oxygens (including phenoxy) is 2. The third-order valence-corrected chi connectivity index (χ3v) is 14.2. The van der Waals surface area contributed by atoms with Crippen molar-refractivity contribution in [1.82, 2.24) is 10.2 Å². The molecule has 6 rings (SSSR count). The van der Waals surface area contributed by atoms with E-state index >= 15 is 0 Å². The van der Waals surface area contributed by atoms with Crippen molar-refractivity contribution in [2.24, 2.45) is 46.3 Å². The van der Waals surface area contributed by atoms with Crippen LogP contribution in [0.3, 0.4) is 0 Å². The second kappa shape index (κ2) is 14.4. The van der Waals surface area contributed by atoms with Crippen LogP contribution in [0.4, 0.5) is 0 Å². The van der Waals surface area contributed by atoms with Crippen molar-refractivity contribution in [2.45, 2.75) is 148 Å². The highest BCUT2D eigenvalue weighted by molar-refractivity contribution is 5.66. The molecular weight excluding hydrogens is 612 g/mol. The molecule has 0 aromatic rings. The molecule has 10 atom stereocenters. The minimum atomic E-state index is -0.964. The summed E-state index contributed by atoms with van der Waals surface area (Å²) in [5.74, 6) is -0.300. The Kier molecular flexibility index (Phi) is 10.9. The van der Waals surface area contributed by atoms with E-state index in [1.54, 1.807) is 13.8 Å². The molecule has 0 aromatic heterocycles. The highest BCUT2D eigenvalue weighted by Gasteiger charge is 2.69. The summed E-state index contributed by atoms with van der Waals surface area (Å²) >= 11 is 0. The van der Waals surface area contributed by atoms with Crippen molar-refractivity contribution < 1.29 is 38.6 Å². The van der Waals surface area contributed by atoms with Crippen LogP contribution in [0.15, 0.2) is 0 Å². The summed E-state index contributed by atoms with van der Waals surface area (Å²) in [5, 5.41) is 3.60. The minimum absolute atomic E-state index is 0.0546. The number of fused-ring (bicyclic) bond motifs is 5.